The van der Waals surface area contributed by atoms with Crippen LogP contribution in [-0.4, -0.2) is 20.2 Å². The van der Waals surface area contributed by atoms with Crippen molar-refractivity contribution in [3.63, 3.8) is 0 Å². The quantitative estimate of drug-likeness (QED) is 0.802. The van der Waals surface area contributed by atoms with Gasteiger partial charge >= 0.3 is 11.8 Å². The molecule has 1 unspecified atom stereocenters. The number of aromatic nitrogens is 3. The zero-order chi connectivity index (χ0) is 15.6. The molecule has 0 aliphatic carbocycles. The summed E-state index contributed by atoms with van der Waals surface area (Å²) in [5, 5.41) is 13.4. The van der Waals surface area contributed by atoms with Crippen molar-refractivity contribution < 1.29 is 18.4 Å². The van der Waals surface area contributed by atoms with E-state index in [1.54, 1.807) is 30.3 Å². The van der Waals surface area contributed by atoms with Gasteiger partial charge in [0.2, 0.25) is 5.82 Å². The van der Waals surface area contributed by atoms with Gasteiger partial charge in [0, 0.05) is 23.5 Å². The number of pyridine rings is 1. The molecule has 0 radical (unpaired) electrons. The Balaban J connectivity index is 1.91. The predicted molar refractivity (Wildman–Crippen MR) is 72.8 cm³/mol. The molecule has 0 spiro atoms. The third-order valence-electron chi connectivity index (χ3n) is 3.09. The first-order valence-corrected chi connectivity index (χ1v) is 6.44. The van der Waals surface area contributed by atoms with Gasteiger partial charge in [-0.15, -0.1) is 0 Å². The van der Waals surface area contributed by atoms with Crippen molar-refractivity contribution in [3.05, 3.63) is 66.3 Å². The van der Waals surface area contributed by atoms with E-state index in [2.05, 4.69) is 19.6 Å². The van der Waals surface area contributed by atoms with Gasteiger partial charge < -0.3 is 9.63 Å². The fraction of sp³-hybridized carbons (Fsp3) is 0.133. The Bertz CT molecular complexity index is 748. The van der Waals surface area contributed by atoms with Crippen LogP contribution >= 0.6 is 0 Å². The van der Waals surface area contributed by atoms with E-state index in [0.717, 1.165) is 6.20 Å². The molecule has 0 saturated heterocycles. The highest BCUT2D eigenvalue weighted by Gasteiger charge is 2.47. The van der Waals surface area contributed by atoms with Crippen molar-refractivity contribution in [2.45, 2.75) is 12.0 Å². The molecule has 3 rings (SSSR count). The smallest absolute Gasteiger partial charge is 0.354 e. The van der Waals surface area contributed by atoms with Crippen LogP contribution in [0.3, 0.4) is 0 Å². The van der Waals surface area contributed by atoms with E-state index in [0.29, 0.717) is 5.56 Å². The minimum Gasteiger partial charge on any atom is -0.381 e. The molecule has 112 valence electrons. The van der Waals surface area contributed by atoms with Crippen LogP contribution in [0.15, 0.2) is 59.4 Å². The molecule has 0 bridgehead atoms. The summed E-state index contributed by atoms with van der Waals surface area (Å²) >= 11 is 0. The second-order valence-electron chi connectivity index (χ2n) is 4.60. The predicted octanol–water partition coefficient (Wildman–Crippen LogP) is 2.96. The first kappa shape index (κ1) is 14.3. The summed E-state index contributed by atoms with van der Waals surface area (Å²) in [4.78, 5) is 7.40. The minimum atomic E-state index is -3.72. The standard InChI is InChI=1S/C15H11F2N3O2/c16-15(17,12(21)11-7-4-8-18-9-11)14-19-13(20-22-14)10-5-2-1-3-6-10/h1-9,12,21H. The highest BCUT2D eigenvalue weighted by molar-refractivity contribution is 5.53. The van der Waals surface area contributed by atoms with Crippen molar-refractivity contribution >= 4 is 0 Å². The van der Waals surface area contributed by atoms with Gasteiger partial charge in [-0.05, 0) is 6.07 Å². The maximum Gasteiger partial charge on any atom is 0.354 e. The second kappa shape index (κ2) is 5.61. The van der Waals surface area contributed by atoms with Crippen molar-refractivity contribution in [1.29, 1.82) is 0 Å². The molecular weight excluding hydrogens is 292 g/mol. The van der Waals surface area contributed by atoms with Gasteiger partial charge in [0.05, 0.1) is 0 Å². The topological polar surface area (TPSA) is 72.0 Å². The van der Waals surface area contributed by atoms with Crippen LogP contribution in [-0.2, 0) is 5.92 Å². The Morgan fingerprint density at radius 1 is 1.09 bits per heavy atom. The molecule has 5 nitrogen and oxygen atoms in total. The van der Waals surface area contributed by atoms with Crippen LogP contribution in [0, 0.1) is 0 Å². The first-order valence-electron chi connectivity index (χ1n) is 6.44. The lowest BCUT2D eigenvalue weighted by Gasteiger charge is -2.18. The largest absolute Gasteiger partial charge is 0.381 e. The molecular formula is C15H11F2N3O2. The SMILES string of the molecule is OC(c1cccnc1)C(F)(F)c1nc(-c2ccccc2)no1. The summed E-state index contributed by atoms with van der Waals surface area (Å²) in [7, 11) is 0. The Kier molecular flexibility index (Phi) is 3.64. The molecule has 22 heavy (non-hydrogen) atoms. The van der Waals surface area contributed by atoms with Crippen LogP contribution in [0.25, 0.3) is 11.4 Å². The molecule has 7 heteroatoms. The highest BCUT2D eigenvalue weighted by Crippen LogP contribution is 2.39. The number of aliphatic hydroxyl groups excluding tert-OH is 1. The van der Waals surface area contributed by atoms with E-state index < -0.39 is 17.9 Å². The summed E-state index contributed by atoms with van der Waals surface area (Å²) in [6.45, 7) is 0. The van der Waals surface area contributed by atoms with Gasteiger partial charge in [0.25, 0.3) is 0 Å². The molecule has 2 aromatic heterocycles. The monoisotopic (exact) mass is 303 g/mol. The van der Waals surface area contributed by atoms with E-state index in [-0.39, 0.29) is 11.4 Å². The van der Waals surface area contributed by atoms with Gasteiger partial charge in [-0.2, -0.15) is 13.8 Å². The van der Waals surface area contributed by atoms with Gasteiger partial charge in [0.1, 0.15) is 0 Å². The minimum absolute atomic E-state index is 0.0352. The van der Waals surface area contributed by atoms with E-state index in [9.17, 15) is 13.9 Å². The normalized spacial score (nSPS) is 13.0. The first-order chi connectivity index (χ1) is 10.6. The molecule has 0 aliphatic rings. The average molecular weight is 303 g/mol. The maximum absolute atomic E-state index is 14.3. The van der Waals surface area contributed by atoms with E-state index >= 15 is 0 Å². The number of benzene rings is 1. The summed E-state index contributed by atoms with van der Waals surface area (Å²) in [6, 6.07) is 11.4. The Morgan fingerprint density at radius 3 is 2.55 bits per heavy atom. The summed E-state index contributed by atoms with van der Waals surface area (Å²) in [6.07, 6.45) is 0.465. The molecule has 1 N–H and O–H groups in total. The van der Waals surface area contributed by atoms with Gasteiger partial charge in [0.15, 0.2) is 6.10 Å². The average Bonchev–Trinajstić information content (AvgIpc) is 3.06. The number of alkyl halides is 2. The summed E-state index contributed by atoms with van der Waals surface area (Å²) in [5.74, 6) is -4.63. The Hall–Kier alpha value is -2.67. The molecule has 2 heterocycles. The van der Waals surface area contributed by atoms with Crippen LogP contribution in [0.1, 0.15) is 17.6 Å². The van der Waals surface area contributed by atoms with Gasteiger partial charge in [-0.1, -0.05) is 41.6 Å². The number of rotatable bonds is 4. The lowest BCUT2D eigenvalue weighted by atomic mass is 10.1. The van der Waals surface area contributed by atoms with Crippen LogP contribution in [0.2, 0.25) is 0 Å². The zero-order valence-electron chi connectivity index (χ0n) is 11.2. The van der Waals surface area contributed by atoms with Crippen molar-refractivity contribution in [2.24, 2.45) is 0 Å². The van der Waals surface area contributed by atoms with E-state index in [1.807, 2.05) is 0 Å². The van der Waals surface area contributed by atoms with Crippen molar-refractivity contribution in [3.8, 4) is 11.4 Å². The third-order valence-corrected chi connectivity index (χ3v) is 3.09. The van der Waals surface area contributed by atoms with E-state index in [1.165, 1.54) is 18.3 Å². The van der Waals surface area contributed by atoms with Gasteiger partial charge in [-0.25, -0.2) is 0 Å². The third kappa shape index (κ3) is 2.58. The molecule has 1 atom stereocenters. The van der Waals surface area contributed by atoms with Crippen molar-refractivity contribution in [1.82, 2.24) is 15.1 Å². The number of hydrogen-bond donors (Lipinski definition) is 1. The van der Waals surface area contributed by atoms with Gasteiger partial charge in [-0.3, -0.25) is 4.98 Å². The molecule has 1 aromatic carbocycles. The number of aliphatic hydroxyl groups is 1. The molecule has 0 aliphatic heterocycles. The lowest BCUT2D eigenvalue weighted by molar-refractivity contribution is -0.137. The molecule has 3 aromatic rings. The second-order valence-corrected chi connectivity index (χ2v) is 4.60. The number of halogens is 2. The Morgan fingerprint density at radius 2 is 1.86 bits per heavy atom. The van der Waals surface area contributed by atoms with Crippen LogP contribution in [0.4, 0.5) is 8.78 Å². The highest BCUT2D eigenvalue weighted by atomic mass is 19.3. The van der Waals surface area contributed by atoms with Crippen LogP contribution in [0.5, 0.6) is 0 Å². The fourth-order valence-corrected chi connectivity index (χ4v) is 1.93. The lowest BCUT2D eigenvalue weighted by Crippen LogP contribution is -2.24. The van der Waals surface area contributed by atoms with Crippen LogP contribution < -0.4 is 0 Å². The molecule has 0 amide bonds. The number of hydrogen-bond acceptors (Lipinski definition) is 5. The number of nitrogens with zero attached hydrogens (tertiary/aromatic N) is 3. The fourth-order valence-electron chi connectivity index (χ4n) is 1.93. The van der Waals surface area contributed by atoms with Crippen molar-refractivity contribution in [2.75, 3.05) is 0 Å². The summed E-state index contributed by atoms with van der Waals surface area (Å²) in [5.41, 5.74) is 0.510. The zero-order valence-corrected chi connectivity index (χ0v) is 11.2. The Labute approximate surface area is 124 Å². The maximum atomic E-state index is 14.3. The molecule has 0 saturated carbocycles. The summed E-state index contributed by atoms with van der Waals surface area (Å²) < 4.78 is 33.2. The van der Waals surface area contributed by atoms with E-state index in [4.69, 9.17) is 0 Å². The molecule has 0 fully saturated rings.